The van der Waals surface area contributed by atoms with E-state index in [1.54, 1.807) is 6.08 Å². The molecular formula is C9H7BrO2. The highest BCUT2D eigenvalue weighted by Gasteiger charge is 2.00. The van der Waals surface area contributed by atoms with Gasteiger partial charge in [-0.25, -0.2) is 4.79 Å². The van der Waals surface area contributed by atoms with Crippen LogP contribution in [0.1, 0.15) is 5.56 Å². The molecule has 0 heterocycles. The second-order valence-corrected chi connectivity index (χ2v) is 3.06. The lowest BCUT2D eigenvalue weighted by Crippen LogP contribution is -1.92. The molecule has 2 nitrogen and oxygen atoms in total. The maximum atomic E-state index is 10.4. The van der Waals surface area contributed by atoms with Crippen molar-refractivity contribution >= 4 is 28.0 Å². The van der Waals surface area contributed by atoms with Gasteiger partial charge in [0.25, 0.3) is 0 Å². The summed E-state index contributed by atoms with van der Waals surface area (Å²) in [7, 11) is 0. The normalized spacial score (nSPS) is 11.2. The fourth-order valence-electron chi connectivity index (χ4n) is 0.757. The lowest BCUT2D eigenvalue weighted by Gasteiger charge is -1.92. The number of hydrogen-bond acceptors (Lipinski definition) is 1. The minimum Gasteiger partial charge on any atom is -0.477 e. The van der Waals surface area contributed by atoms with Crippen LogP contribution in [-0.4, -0.2) is 11.1 Å². The summed E-state index contributed by atoms with van der Waals surface area (Å²) in [5.74, 6) is -0.959. The van der Waals surface area contributed by atoms with Gasteiger partial charge in [-0.05, 0) is 27.6 Å². The Labute approximate surface area is 78.7 Å². The van der Waals surface area contributed by atoms with Gasteiger partial charge in [-0.2, -0.15) is 0 Å². The molecule has 0 saturated carbocycles. The molecule has 0 aliphatic rings. The van der Waals surface area contributed by atoms with Crippen LogP contribution in [0.5, 0.6) is 0 Å². The number of carboxylic acids is 1. The van der Waals surface area contributed by atoms with Crippen LogP contribution < -0.4 is 0 Å². The topological polar surface area (TPSA) is 37.3 Å². The quantitative estimate of drug-likeness (QED) is 0.788. The van der Waals surface area contributed by atoms with Crippen LogP contribution in [0.3, 0.4) is 0 Å². The van der Waals surface area contributed by atoms with Gasteiger partial charge < -0.3 is 5.11 Å². The fourth-order valence-corrected chi connectivity index (χ4v) is 1.02. The van der Waals surface area contributed by atoms with Crippen molar-refractivity contribution in [2.75, 3.05) is 0 Å². The first kappa shape index (κ1) is 9.00. The zero-order valence-electron chi connectivity index (χ0n) is 6.20. The van der Waals surface area contributed by atoms with Gasteiger partial charge >= 0.3 is 5.97 Å². The maximum Gasteiger partial charge on any atom is 0.342 e. The Balaban J connectivity index is 2.89. The number of rotatable bonds is 2. The van der Waals surface area contributed by atoms with Crippen LogP contribution >= 0.6 is 15.9 Å². The highest BCUT2D eigenvalue weighted by molar-refractivity contribution is 9.12. The molecule has 1 aromatic carbocycles. The first-order valence-corrected chi connectivity index (χ1v) is 4.15. The van der Waals surface area contributed by atoms with Crippen molar-refractivity contribution in [3.63, 3.8) is 0 Å². The molecule has 0 amide bonds. The molecule has 0 atom stereocenters. The van der Waals surface area contributed by atoms with Crippen molar-refractivity contribution in [2.45, 2.75) is 0 Å². The number of hydrogen-bond donors (Lipinski definition) is 1. The molecule has 0 aliphatic heterocycles. The molecule has 0 aliphatic carbocycles. The summed E-state index contributed by atoms with van der Waals surface area (Å²) in [6, 6.07) is 9.27. The zero-order chi connectivity index (χ0) is 8.97. The van der Waals surface area contributed by atoms with E-state index >= 15 is 0 Å². The summed E-state index contributed by atoms with van der Waals surface area (Å²) in [5.41, 5.74) is 0.867. The highest BCUT2D eigenvalue weighted by Crippen LogP contribution is 2.11. The fraction of sp³-hybridized carbons (Fsp3) is 0. The van der Waals surface area contributed by atoms with Crippen molar-refractivity contribution in [3.8, 4) is 0 Å². The van der Waals surface area contributed by atoms with Crippen LogP contribution in [0.4, 0.5) is 0 Å². The van der Waals surface area contributed by atoms with E-state index in [4.69, 9.17) is 5.11 Å². The molecule has 0 unspecified atom stereocenters. The summed E-state index contributed by atoms with van der Waals surface area (Å²) >= 11 is 2.94. The predicted molar refractivity (Wildman–Crippen MR) is 51.0 cm³/mol. The van der Waals surface area contributed by atoms with E-state index < -0.39 is 5.97 Å². The molecule has 0 aromatic heterocycles. The molecule has 1 rings (SSSR count). The van der Waals surface area contributed by atoms with Crippen LogP contribution in [0.15, 0.2) is 34.8 Å². The van der Waals surface area contributed by atoms with Gasteiger partial charge in [0, 0.05) is 0 Å². The van der Waals surface area contributed by atoms with Gasteiger partial charge in [-0.3, -0.25) is 0 Å². The molecule has 0 spiro atoms. The second-order valence-electron chi connectivity index (χ2n) is 2.21. The molecule has 3 heteroatoms. The molecule has 0 radical (unpaired) electrons. The average Bonchev–Trinajstić information content (AvgIpc) is 2.06. The van der Waals surface area contributed by atoms with E-state index in [1.165, 1.54) is 0 Å². The minimum absolute atomic E-state index is 0.161. The van der Waals surface area contributed by atoms with Crippen LogP contribution in [0.2, 0.25) is 0 Å². The molecule has 0 fully saturated rings. The number of halogens is 1. The second kappa shape index (κ2) is 4.07. The molecule has 1 aromatic rings. The van der Waals surface area contributed by atoms with E-state index in [-0.39, 0.29) is 4.48 Å². The van der Waals surface area contributed by atoms with E-state index in [0.717, 1.165) is 5.56 Å². The maximum absolute atomic E-state index is 10.4. The van der Waals surface area contributed by atoms with Gasteiger partial charge in [0.1, 0.15) is 4.48 Å². The summed E-state index contributed by atoms with van der Waals surface area (Å²) in [6.45, 7) is 0. The highest BCUT2D eigenvalue weighted by atomic mass is 79.9. The van der Waals surface area contributed by atoms with Gasteiger partial charge in [0.2, 0.25) is 0 Å². The predicted octanol–water partition coefficient (Wildman–Crippen LogP) is 2.51. The van der Waals surface area contributed by atoms with Crippen molar-refractivity contribution in [1.29, 1.82) is 0 Å². The van der Waals surface area contributed by atoms with E-state index in [9.17, 15) is 4.79 Å². The SMILES string of the molecule is O=C(O)/C(Br)=C/c1ccccc1. The smallest absolute Gasteiger partial charge is 0.342 e. The first-order valence-electron chi connectivity index (χ1n) is 3.35. The zero-order valence-corrected chi connectivity index (χ0v) is 7.78. The van der Waals surface area contributed by atoms with Gasteiger partial charge in [0.15, 0.2) is 0 Å². The Bertz CT molecular complexity index is 304. The van der Waals surface area contributed by atoms with Crippen molar-refractivity contribution in [3.05, 3.63) is 40.4 Å². The largest absolute Gasteiger partial charge is 0.477 e. The molecule has 1 N–H and O–H groups in total. The van der Waals surface area contributed by atoms with E-state index in [0.29, 0.717) is 0 Å². The Morgan fingerprint density at radius 3 is 2.42 bits per heavy atom. The van der Waals surface area contributed by atoms with Crippen molar-refractivity contribution < 1.29 is 9.90 Å². The first-order chi connectivity index (χ1) is 5.70. The minimum atomic E-state index is -0.959. The average molecular weight is 227 g/mol. The summed E-state index contributed by atoms with van der Waals surface area (Å²) in [5, 5.41) is 8.53. The van der Waals surface area contributed by atoms with Gasteiger partial charge in [-0.1, -0.05) is 30.3 Å². The standard InChI is InChI=1S/C9H7BrO2/c10-8(9(11)12)6-7-4-2-1-3-5-7/h1-6H,(H,11,12)/b8-6-. The number of benzene rings is 1. The lowest BCUT2D eigenvalue weighted by molar-refractivity contribution is -0.131. The third-order valence-electron chi connectivity index (χ3n) is 1.30. The monoisotopic (exact) mass is 226 g/mol. The summed E-state index contributed by atoms with van der Waals surface area (Å²) in [6.07, 6.45) is 1.56. The van der Waals surface area contributed by atoms with E-state index in [1.807, 2.05) is 30.3 Å². The van der Waals surface area contributed by atoms with Crippen molar-refractivity contribution in [2.24, 2.45) is 0 Å². The Morgan fingerprint density at radius 2 is 1.92 bits per heavy atom. The molecule has 0 bridgehead atoms. The summed E-state index contributed by atoms with van der Waals surface area (Å²) < 4.78 is 0.161. The Hall–Kier alpha value is -1.09. The molecular weight excluding hydrogens is 220 g/mol. The molecule has 0 saturated heterocycles. The van der Waals surface area contributed by atoms with Crippen molar-refractivity contribution in [1.82, 2.24) is 0 Å². The molecule has 62 valence electrons. The molecule has 12 heavy (non-hydrogen) atoms. The van der Waals surface area contributed by atoms with Gasteiger partial charge in [-0.15, -0.1) is 0 Å². The lowest BCUT2D eigenvalue weighted by atomic mass is 10.2. The Morgan fingerprint density at radius 1 is 1.33 bits per heavy atom. The third-order valence-corrected chi connectivity index (χ3v) is 1.87. The number of carboxylic acid groups (broad SMARTS) is 1. The van der Waals surface area contributed by atoms with Crippen LogP contribution in [0.25, 0.3) is 6.08 Å². The number of aliphatic carboxylic acids is 1. The van der Waals surface area contributed by atoms with Crippen LogP contribution in [0, 0.1) is 0 Å². The Kier molecular flexibility index (Phi) is 3.05. The third kappa shape index (κ3) is 2.51. The van der Waals surface area contributed by atoms with Gasteiger partial charge in [0.05, 0.1) is 0 Å². The van der Waals surface area contributed by atoms with E-state index in [2.05, 4.69) is 15.9 Å². The summed E-state index contributed by atoms with van der Waals surface area (Å²) in [4.78, 5) is 10.4. The number of carbonyl (C=O) groups is 1. The van der Waals surface area contributed by atoms with Crippen LogP contribution in [-0.2, 0) is 4.79 Å².